The van der Waals surface area contributed by atoms with Crippen molar-refractivity contribution in [1.29, 1.82) is 0 Å². The zero-order chi connectivity index (χ0) is 57.4. The molecule has 0 aliphatic carbocycles. The van der Waals surface area contributed by atoms with E-state index in [1.165, 1.54) is 6.92 Å². The predicted octanol–water partition coefficient (Wildman–Crippen LogP) is -2.06. The van der Waals surface area contributed by atoms with Crippen molar-refractivity contribution >= 4 is 59.6 Å². The molecule has 25 N–H and O–H groups in total. The summed E-state index contributed by atoms with van der Waals surface area (Å²) < 4.78 is 0. The van der Waals surface area contributed by atoms with E-state index >= 15 is 0 Å². The van der Waals surface area contributed by atoms with Crippen LogP contribution in [0.25, 0.3) is 0 Å². The van der Waals surface area contributed by atoms with Gasteiger partial charge in [-0.2, -0.15) is 0 Å². The normalized spacial score (nSPS) is 16.2. The minimum Gasteiger partial charge on any atom is -0.481 e. The van der Waals surface area contributed by atoms with E-state index < -0.39 is 102 Å². The van der Waals surface area contributed by atoms with Gasteiger partial charge < -0.3 is 96.7 Å². The van der Waals surface area contributed by atoms with E-state index in [1.54, 1.807) is 0 Å². The molecular formula is C45H75N9O19. The highest BCUT2D eigenvalue weighted by atomic mass is 16.4. The molecule has 0 bridgehead atoms. The quantitative estimate of drug-likeness (QED) is 0.0763. The lowest BCUT2D eigenvalue weighted by molar-refractivity contribution is -0.144. The summed E-state index contributed by atoms with van der Waals surface area (Å²) in [7, 11) is 0. The van der Waals surface area contributed by atoms with Crippen molar-refractivity contribution in [2.24, 2.45) is 46.1 Å². The zero-order valence-corrected chi connectivity index (χ0v) is 40.9. The van der Waals surface area contributed by atoms with E-state index in [2.05, 4.69) is 16.4 Å². The lowest BCUT2D eigenvalue weighted by atomic mass is 10.1. The Morgan fingerprint density at radius 1 is 0.479 bits per heavy atom. The number of nitrogens with one attached hydrogen (secondary N) is 2. The maximum Gasteiger partial charge on any atom is 0.321 e. The van der Waals surface area contributed by atoms with Crippen LogP contribution < -0.4 is 50.8 Å². The standard InChI is InChI=1S/2C9H11NO2.C6H13NO2.2C5H9NO2.C4H8N2O3.C4H7NO4.C3H7NO2/c2*10-8(9(11)12)6-7-4-2-1-3-5-7;1-4(2)3-5(7)6(8)9;2*7-5(8)4-2-1-3-6-4;2*5-2(4(8)9)1-3(6)7;1-2(4)3(5)6/h2*1-5,8H,6,10H2,(H,11,12);4-5H,3,7H2,1-2H3,(H,8,9);2*4,6H,1-3H2,(H,7,8);2H,1,5H2,(H2,6,7)(H,8,9);2H,1,5H2,(H,6,7)(H,8,9);2H,4H2,1H3,(H,5,6)/t2*8-;5-;2*4-;3*2-/m00000000/s1. The van der Waals surface area contributed by atoms with E-state index in [4.69, 9.17) is 80.4 Å². The first-order valence-electron chi connectivity index (χ1n) is 22.2. The third kappa shape index (κ3) is 45.7. The fourth-order valence-electron chi connectivity index (χ4n) is 4.89. The second-order valence-electron chi connectivity index (χ2n) is 16.1. The molecule has 0 aromatic heterocycles. The highest BCUT2D eigenvalue weighted by Gasteiger charge is 2.21. The van der Waals surface area contributed by atoms with Gasteiger partial charge in [0, 0.05) is 0 Å². The fraction of sp³-hybridized carbons (Fsp3) is 0.511. The van der Waals surface area contributed by atoms with Gasteiger partial charge in [0.25, 0.3) is 0 Å². The molecule has 1 amide bonds. The number of hydrogen-bond acceptors (Lipinski definition) is 18. The van der Waals surface area contributed by atoms with Crippen LogP contribution in [-0.4, -0.2) is 167 Å². The number of benzene rings is 2. The van der Waals surface area contributed by atoms with E-state index in [0.717, 1.165) is 49.9 Å². The van der Waals surface area contributed by atoms with Crippen molar-refractivity contribution in [1.82, 2.24) is 10.6 Å². The number of rotatable bonds is 18. The molecule has 0 saturated carbocycles. The molecule has 2 saturated heterocycles. The highest BCUT2D eigenvalue weighted by Crippen LogP contribution is 2.05. The summed E-state index contributed by atoms with van der Waals surface area (Å²) in [5.41, 5.74) is 37.1. The van der Waals surface area contributed by atoms with Crippen LogP contribution in [0.1, 0.15) is 76.8 Å². The molecule has 2 aromatic rings. The molecule has 0 unspecified atom stereocenters. The number of primary amides is 1. The lowest BCUT2D eigenvalue weighted by Gasteiger charge is -2.07. The largest absolute Gasteiger partial charge is 0.481 e. The van der Waals surface area contributed by atoms with E-state index in [1.807, 2.05) is 74.5 Å². The summed E-state index contributed by atoms with van der Waals surface area (Å²) in [6.07, 6.45) is 4.05. The Bertz CT molecular complexity index is 1820. The smallest absolute Gasteiger partial charge is 0.321 e. The topological polar surface area (TPSA) is 559 Å². The van der Waals surface area contributed by atoms with E-state index in [9.17, 15) is 47.9 Å². The number of carbonyl (C=O) groups is 10. The van der Waals surface area contributed by atoms with E-state index in [0.29, 0.717) is 25.2 Å². The molecule has 2 aliphatic heterocycles. The van der Waals surface area contributed by atoms with Gasteiger partial charge in [0.05, 0.1) is 12.8 Å². The Balaban J connectivity index is -0.000000376. The molecule has 28 heteroatoms. The minimum atomic E-state index is -1.29. The van der Waals surface area contributed by atoms with Crippen molar-refractivity contribution in [2.45, 2.75) is 127 Å². The average molecular weight is 1050 g/mol. The van der Waals surface area contributed by atoms with E-state index in [-0.39, 0.29) is 18.5 Å². The fourth-order valence-corrected chi connectivity index (χ4v) is 4.89. The molecule has 0 radical (unpaired) electrons. The molecule has 2 aromatic carbocycles. The van der Waals surface area contributed by atoms with Crippen molar-refractivity contribution in [3.8, 4) is 0 Å². The lowest BCUT2D eigenvalue weighted by Crippen LogP contribution is -2.34. The summed E-state index contributed by atoms with van der Waals surface area (Å²) >= 11 is 0. The first kappa shape index (κ1) is 72.4. The van der Waals surface area contributed by atoms with Crippen molar-refractivity contribution in [2.75, 3.05) is 13.1 Å². The average Bonchev–Trinajstić information content (AvgIpc) is 4.05. The second-order valence-corrected chi connectivity index (χ2v) is 16.1. The molecule has 28 nitrogen and oxygen atoms in total. The van der Waals surface area contributed by atoms with Gasteiger partial charge in [0.15, 0.2) is 0 Å². The molecule has 2 aliphatic rings. The molecule has 8 atom stereocenters. The molecule has 2 heterocycles. The van der Waals surface area contributed by atoms with Crippen LogP contribution in [0.4, 0.5) is 0 Å². The Morgan fingerprint density at radius 3 is 0.932 bits per heavy atom. The van der Waals surface area contributed by atoms with Gasteiger partial charge in [-0.05, 0) is 82.0 Å². The first-order valence-corrected chi connectivity index (χ1v) is 22.2. The highest BCUT2D eigenvalue weighted by molar-refractivity contribution is 5.83. The van der Waals surface area contributed by atoms with Crippen LogP contribution in [0.2, 0.25) is 0 Å². The first-order chi connectivity index (χ1) is 33.8. The number of carbonyl (C=O) groups excluding carboxylic acids is 1. The molecule has 4 rings (SSSR count). The predicted molar refractivity (Wildman–Crippen MR) is 262 cm³/mol. The van der Waals surface area contributed by atoms with Gasteiger partial charge in [0.2, 0.25) is 5.91 Å². The molecule has 414 valence electrons. The summed E-state index contributed by atoms with van der Waals surface area (Å²) in [5.74, 6) is -9.29. The Hall–Kier alpha value is -7.18. The number of hydrogen-bond donors (Lipinski definition) is 18. The minimum absolute atomic E-state index is 0.269. The van der Waals surface area contributed by atoms with Crippen LogP contribution in [-0.2, 0) is 60.8 Å². The van der Waals surface area contributed by atoms with Crippen LogP contribution in [0.5, 0.6) is 0 Å². The molecule has 0 spiro atoms. The van der Waals surface area contributed by atoms with Crippen molar-refractivity contribution < 1.29 is 93.9 Å². The number of nitrogens with two attached hydrogens (primary N) is 7. The molecule has 2 fully saturated rings. The maximum absolute atomic E-state index is 10.4. The van der Waals surface area contributed by atoms with Crippen LogP contribution in [0.15, 0.2) is 60.7 Å². The monoisotopic (exact) mass is 1050 g/mol. The molecular weight excluding hydrogens is 971 g/mol. The summed E-state index contributed by atoms with van der Waals surface area (Å²) in [6, 6.07) is 12.7. The van der Waals surface area contributed by atoms with Crippen molar-refractivity contribution in [3.63, 3.8) is 0 Å². The van der Waals surface area contributed by atoms with Crippen LogP contribution in [0.3, 0.4) is 0 Å². The van der Waals surface area contributed by atoms with Gasteiger partial charge >= 0.3 is 53.7 Å². The second kappa shape index (κ2) is 42.5. The Morgan fingerprint density at radius 2 is 0.781 bits per heavy atom. The van der Waals surface area contributed by atoms with Gasteiger partial charge in [-0.25, -0.2) is 0 Å². The summed E-state index contributed by atoms with van der Waals surface area (Å²) in [5, 5.41) is 79.8. The van der Waals surface area contributed by atoms with Gasteiger partial charge in [-0.3, -0.25) is 47.9 Å². The number of carboxylic acids is 9. The zero-order valence-electron chi connectivity index (χ0n) is 40.9. The Kier molecular flexibility index (Phi) is 42.1. The Labute approximate surface area is 421 Å². The van der Waals surface area contributed by atoms with Crippen LogP contribution in [0, 0.1) is 5.92 Å². The SMILES string of the molecule is CC(C)C[C@H](N)C(=O)O.C[C@H](N)C(=O)O.NC(=O)C[C@H](N)C(=O)O.N[C@@H](CC(=O)O)C(=O)O.N[C@@H](Cc1ccccc1)C(=O)O.N[C@@H](Cc1ccccc1)C(=O)O.O=C(O)[C@@H]1CCCN1.O=C(O)[C@@H]1CCCN1. The summed E-state index contributed by atoms with van der Waals surface area (Å²) in [4.78, 5) is 100. The number of amides is 1. The third-order valence-corrected chi connectivity index (χ3v) is 8.83. The van der Waals surface area contributed by atoms with Gasteiger partial charge in [0.1, 0.15) is 48.3 Å². The van der Waals surface area contributed by atoms with Gasteiger partial charge in [-0.1, -0.05) is 74.5 Å². The van der Waals surface area contributed by atoms with Gasteiger partial charge in [-0.15, -0.1) is 0 Å². The summed E-state index contributed by atoms with van der Waals surface area (Å²) in [6.45, 7) is 7.03. The maximum atomic E-state index is 10.4. The third-order valence-electron chi connectivity index (χ3n) is 8.83. The molecule has 73 heavy (non-hydrogen) atoms. The number of carboxylic acid groups (broad SMARTS) is 9. The van der Waals surface area contributed by atoms with Crippen molar-refractivity contribution in [3.05, 3.63) is 71.8 Å². The number of aliphatic carboxylic acids is 9. The van der Waals surface area contributed by atoms with Crippen LogP contribution >= 0.6 is 0 Å².